The number of anilines is 4. The van der Waals surface area contributed by atoms with Crippen LogP contribution < -0.4 is 15.5 Å². The fraction of sp³-hybridized carbons (Fsp3) is 0.174. The number of nitrogens with zero attached hydrogens (tertiary/aromatic N) is 4. The van der Waals surface area contributed by atoms with Crippen LogP contribution in [0.1, 0.15) is 6.42 Å². The van der Waals surface area contributed by atoms with Gasteiger partial charge in [-0.15, -0.1) is 0 Å². The van der Waals surface area contributed by atoms with Crippen LogP contribution in [0.4, 0.5) is 22.9 Å². The smallest absolute Gasteiger partial charge is 0.325 e. The normalized spacial score (nSPS) is 13.2. The molecule has 3 heterocycles. The zero-order chi connectivity index (χ0) is 22.8. The zero-order valence-corrected chi connectivity index (χ0v) is 17.8. The van der Waals surface area contributed by atoms with Gasteiger partial charge >= 0.3 is 5.97 Å². The van der Waals surface area contributed by atoms with Crippen LogP contribution in [0, 0.1) is 0 Å². The Kier molecular flexibility index (Phi) is 5.31. The van der Waals surface area contributed by atoms with Crippen molar-refractivity contribution < 1.29 is 14.3 Å². The minimum absolute atomic E-state index is 0.0425. The van der Waals surface area contributed by atoms with Gasteiger partial charge in [0.25, 0.3) is 0 Å². The lowest BCUT2D eigenvalue weighted by molar-refractivity contribution is -0.139. The number of aromatic amines is 1. The van der Waals surface area contributed by atoms with E-state index in [0.29, 0.717) is 23.9 Å². The lowest BCUT2D eigenvalue weighted by Gasteiger charge is -2.23. The summed E-state index contributed by atoms with van der Waals surface area (Å²) in [6, 6.07) is 13.2. The van der Waals surface area contributed by atoms with Crippen LogP contribution in [0.3, 0.4) is 0 Å². The van der Waals surface area contributed by atoms with Crippen LogP contribution in [-0.4, -0.2) is 52.2 Å². The average Bonchev–Trinajstić information content (AvgIpc) is 3.24. The minimum Gasteiger partial charge on any atom is -0.468 e. The maximum Gasteiger partial charge on any atom is 0.325 e. The number of esters is 1. The van der Waals surface area contributed by atoms with E-state index in [9.17, 15) is 9.59 Å². The van der Waals surface area contributed by atoms with Crippen molar-refractivity contribution in [3.05, 3.63) is 54.9 Å². The van der Waals surface area contributed by atoms with E-state index >= 15 is 0 Å². The van der Waals surface area contributed by atoms with E-state index in [1.54, 1.807) is 24.5 Å². The lowest BCUT2D eigenvalue weighted by atomic mass is 10.1. The van der Waals surface area contributed by atoms with Crippen LogP contribution in [0.25, 0.3) is 22.3 Å². The maximum absolute atomic E-state index is 12.1. The van der Waals surface area contributed by atoms with E-state index in [1.165, 1.54) is 7.11 Å². The van der Waals surface area contributed by atoms with E-state index in [4.69, 9.17) is 4.74 Å². The second-order valence-corrected chi connectivity index (χ2v) is 7.59. The number of aromatic nitrogens is 4. The van der Waals surface area contributed by atoms with Gasteiger partial charge < -0.3 is 20.3 Å². The molecule has 1 amide bonds. The van der Waals surface area contributed by atoms with E-state index < -0.39 is 0 Å². The monoisotopic (exact) mass is 443 g/mol. The highest BCUT2D eigenvalue weighted by atomic mass is 16.5. The van der Waals surface area contributed by atoms with Crippen molar-refractivity contribution in [1.82, 2.24) is 20.2 Å². The number of carbonyl (C=O) groups is 2. The molecule has 0 aliphatic carbocycles. The van der Waals surface area contributed by atoms with Gasteiger partial charge in [0.05, 0.1) is 30.2 Å². The lowest BCUT2D eigenvalue weighted by Crippen LogP contribution is -2.31. The summed E-state index contributed by atoms with van der Waals surface area (Å²) in [6.45, 7) is 0.442. The molecule has 10 heteroatoms. The minimum atomic E-state index is -0.377. The summed E-state index contributed by atoms with van der Waals surface area (Å²) in [5.74, 6) is 0.671. The van der Waals surface area contributed by atoms with E-state index in [0.717, 1.165) is 27.8 Å². The molecule has 1 aliphatic heterocycles. The van der Waals surface area contributed by atoms with Crippen LogP contribution in [0.2, 0.25) is 0 Å². The number of hydrogen-bond donors (Lipinski definition) is 3. The average molecular weight is 443 g/mol. The molecule has 5 rings (SSSR count). The Bertz CT molecular complexity index is 1350. The predicted octanol–water partition coefficient (Wildman–Crippen LogP) is 3.09. The second-order valence-electron chi connectivity index (χ2n) is 7.59. The highest BCUT2D eigenvalue weighted by Gasteiger charge is 2.22. The first kappa shape index (κ1) is 20.4. The van der Waals surface area contributed by atoms with Gasteiger partial charge in [0.15, 0.2) is 5.82 Å². The van der Waals surface area contributed by atoms with Gasteiger partial charge in [-0.25, -0.2) is 9.97 Å². The number of carbonyl (C=O) groups excluding carboxylic acids is 2. The van der Waals surface area contributed by atoms with Crippen molar-refractivity contribution in [2.75, 3.05) is 35.7 Å². The Balaban J connectivity index is 1.45. The third kappa shape index (κ3) is 4.31. The summed E-state index contributed by atoms with van der Waals surface area (Å²) in [6.07, 6.45) is 3.72. The van der Waals surface area contributed by atoms with E-state index in [1.807, 2.05) is 35.2 Å². The van der Waals surface area contributed by atoms with Crippen LogP contribution in [0.15, 0.2) is 54.9 Å². The highest BCUT2D eigenvalue weighted by molar-refractivity contribution is 5.97. The number of fused-ring (bicyclic) bond motifs is 2. The number of amides is 1. The van der Waals surface area contributed by atoms with Crippen molar-refractivity contribution in [2.24, 2.45) is 0 Å². The SMILES string of the molecule is COC(=O)CN1CCC(=O)Nc2ccc(-c3nccc(Nc4ccc5[nH]ncc5c4)n3)cc21. The van der Waals surface area contributed by atoms with Gasteiger partial charge in [0, 0.05) is 35.8 Å². The molecule has 0 bridgehead atoms. The standard InChI is InChI=1S/C23H21N7O3/c1-33-22(32)13-30-9-7-21(31)27-18-4-2-14(11-19(18)30)23-24-8-6-20(28-23)26-16-3-5-17-15(10-16)12-25-29-17/h2-6,8,10-12H,7,9,13H2,1H3,(H,25,29)(H,27,31)(H,24,26,28). The molecule has 3 N–H and O–H groups in total. The van der Waals surface area contributed by atoms with Crippen molar-refractivity contribution >= 4 is 45.7 Å². The molecule has 2 aromatic heterocycles. The molecular weight excluding hydrogens is 422 g/mol. The van der Waals surface area contributed by atoms with E-state index in [2.05, 4.69) is 30.8 Å². The molecule has 0 fully saturated rings. The summed E-state index contributed by atoms with van der Waals surface area (Å²) in [4.78, 5) is 34.9. The van der Waals surface area contributed by atoms with Gasteiger partial charge in [-0.3, -0.25) is 14.7 Å². The molecule has 4 aromatic rings. The highest BCUT2D eigenvalue weighted by Crippen LogP contribution is 2.33. The topological polar surface area (TPSA) is 125 Å². The number of methoxy groups -OCH3 is 1. The van der Waals surface area contributed by atoms with Crippen molar-refractivity contribution in [3.8, 4) is 11.4 Å². The van der Waals surface area contributed by atoms with Crippen molar-refractivity contribution in [1.29, 1.82) is 0 Å². The van der Waals surface area contributed by atoms with Gasteiger partial charge in [-0.1, -0.05) is 0 Å². The van der Waals surface area contributed by atoms with Crippen LogP contribution >= 0.6 is 0 Å². The van der Waals surface area contributed by atoms with Gasteiger partial charge in [-0.2, -0.15) is 5.10 Å². The second kappa shape index (κ2) is 8.58. The number of benzene rings is 2. The van der Waals surface area contributed by atoms with Crippen LogP contribution in [-0.2, 0) is 14.3 Å². The maximum atomic E-state index is 12.1. The van der Waals surface area contributed by atoms with Gasteiger partial charge in [0.1, 0.15) is 12.4 Å². The molecule has 0 unspecified atom stereocenters. The molecular formula is C23H21N7O3. The quantitative estimate of drug-likeness (QED) is 0.402. The first-order valence-corrected chi connectivity index (χ1v) is 10.4. The molecule has 10 nitrogen and oxygen atoms in total. The Hall–Kier alpha value is -4.47. The fourth-order valence-electron chi connectivity index (χ4n) is 3.73. The largest absolute Gasteiger partial charge is 0.468 e. The Morgan fingerprint density at radius 2 is 2.12 bits per heavy atom. The summed E-state index contributed by atoms with van der Waals surface area (Å²) in [7, 11) is 1.34. The first-order chi connectivity index (χ1) is 16.1. The molecule has 2 aromatic carbocycles. The molecule has 0 saturated heterocycles. The fourth-order valence-corrected chi connectivity index (χ4v) is 3.73. The predicted molar refractivity (Wildman–Crippen MR) is 124 cm³/mol. The number of ether oxygens (including phenoxy) is 1. The summed E-state index contributed by atoms with van der Waals surface area (Å²) in [5.41, 5.74) is 3.94. The van der Waals surface area contributed by atoms with Crippen molar-refractivity contribution in [2.45, 2.75) is 6.42 Å². The molecule has 33 heavy (non-hydrogen) atoms. The molecule has 0 radical (unpaired) electrons. The van der Waals surface area contributed by atoms with E-state index in [-0.39, 0.29) is 24.8 Å². The first-order valence-electron chi connectivity index (χ1n) is 10.4. The third-order valence-electron chi connectivity index (χ3n) is 5.40. The van der Waals surface area contributed by atoms with Crippen molar-refractivity contribution in [3.63, 3.8) is 0 Å². The molecule has 0 atom stereocenters. The molecule has 0 saturated carbocycles. The van der Waals surface area contributed by atoms with Crippen LogP contribution in [0.5, 0.6) is 0 Å². The molecule has 0 spiro atoms. The Morgan fingerprint density at radius 1 is 1.21 bits per heavy atom. The number of hydrogen-bond acceptors (Lipinski definition) is 8. The molecule has 1 aliphatic rings. The third-order valence-corrected chi connectivity index (χ3v) is 5.40. The summed E-state index contributed by atoms with van der Waals surface area (Å²) in [5, 5.41) is 14.1. The summed E-state index contributed by atoms with van der Waals surface area (Å²) >= 11 is 0. The summed E-state index contributed by atoms with van der Waals surface area (Å²) < 4.78 is 4.82. The number of H-pyrrole nitrogens is 1. The van der Waals surface area contributed by atoms with Gasteiger partial charge in [0.2, 0.25) is 5.91 Å². The Morgan fingerprint density at radius 3 is 3.00 bits per heavy atom. The molecule has 166 valence electrons. The zero-order valence-electron chi connectivity index (χ0n) is 17.8. The Labute approximate surface area is 189 Å². The number of nitrogens with one attached hydrogen (secondary N) is 3. The number of rotatable bonds is 5. The van der Waals surface area contributed by atoms with Gasteiger partial charge in [-0.05, 0) is 42.5 Å².